The van der Waals surface area contributed by atoms with Gasteiger partial charge in [0.05, 0.1) is 27.9 Å². The third kappa shape index (κ3) is 3.83. The van der Waals surface area contributed by atoms with E-state index in [4.69, 9.17) is 11.6 Å². The maximum atomic E-state index is 13.6. The first kappa shape index (κ1) is 16.4. The molecule has 0 fully saturated rings. The van der Waals surface area contributed by atoms with Crippen molar-refractivity contribution in [1.29, 1.82) is 0 Å². The lowest BCUT2D eigenvalue weighted by Crippen LogP contribution is -2.21. The van der Waals surface area contributed by atoms with Crippen LogP contribution in [0.5, 0.6) is 0 Å². The molecule has 1 N–H and O–H groups in total. The van der Waals surface area contributed by atoms with Crippen molar-refractivity contribution in [2.75, 3.05) is 20.6 Å². The fourth-order valence-electron chi connectivity index (χ4n) is 1.96. The zero-order valence-corrected chi connectivity index (χ0v) is 14.1. The average molecular weight is 377 g/mol. The van der Waals surface area contributed by atoms with Crippen LogP contribution in [0.3, 0.4) is 0 Å². The molecule has 2 aromatic rings. The maximum absolute atomic E-state index is 13.6. The van der Waals surface area contributed by atoms with E-state index in [0.717, 1.165) is 6.54 Å². The molecule has 1 aromatic carbocycles. The first-order valence-corrected chi connectivity index (χ1v) is 7.56. The van der Waals surface area contributed by atoms with E-state index in [0.29, 0.717) is 27.3 Å². The van der Waals surface area contributed by atoms with Gasteiger partial charge in [0, 0.05) is 6.54 Å². The van der Waals surface area contributed by atoms with E-state index in [1.165, 1.54) is 12.3 Å². The predicted molar refractivity (Wildman–Crippen MR) is 84.0 cm³/mol. The van der Waals surface area contributed by atoms with Crippen LogP contribution in [0.2, 0.25) is 5.02 Å². The second-order valence-electron chi connectivity index (χ2n) is 4.98. The fourth-order valence-corrected chi connectivity index (χ4v) is 2.45. The number of hydrogen-bond donors (Lipinski definition) is 1. The first-order chi connectivity index (χ1) is 9.90. The highest BCUT2D eigenvalue weighted by molar-refractivity contribution is 9.10. The second kappa shape index (κ2) is 6.87. The van der Waals surface area contributed by atoms with E-state index in [-0.39, 0.29) is 0 Å². The van der Waals surface area contributed by atoms with Crippen molar-refractivity contribution in [3.05, 3.63) is 51.0 Å². The Morgan fingerprint density at radius 3 is 2.81 bits per heavy atom. The number of aliphatic hydroxyl groups is 1. The summed E-state index contributed by atoms with van der Waals surface area (Å²) in [5.74, 6) is -0.429. The molecule has 0 aliphatic heterocycles. The van der Waals surface area contributed by atoms with E-state index in [2.05, 4.69) is 21.0 Å². The molecular weight excluding hydrogens is 361 g/mol. The Morgan fingerprint density at radius 1 is 1.48 bits per heavy atom. The van der Waals surface area contributed by atoms with Crippen molar-refractivity contribution in [3.8, 4) is 0 Å². The molecule has 1 heterocycles. The molecule has 114 valence electrons. The highest BCUT2D eigenvalue weighted by Crippen LogP contribution is 2.30. The second-order valence-corrected chi connectivity index (χ2v) is 6.24. The molecule has 0 aliphatic carbocycles. The minimum atomic E-state index is -1.02. The van der Waals surface area contributed by atoms with Gasteiger partial charge in [0.15, 0.2) is 0 Å². The van der Waals surface area contributed by atoms with Crippen LogP contribution in [0.1, 0.15) is 17.4 Å². The van der Waals surface area contributed by atoms with Crippen LogP contribution in [0.25, 0.3) is 0 Å². The molecule has 0 aliphatic rings. The Labute approximate surface area is 136 Å². The molecule has 7 heteroatoms. The Bertz CT molecular complexity index is 633. The van der Waals surface area contributed by atoms with Crippen LogP contribution in [-0.4, -0.2) is 40.4 Å². The Kier molecular flexibility index (Phi) is 5.37. The van der Waals surface area contributed by atoms with Crippen LogP contribution in [0, 0.1) is 5.82 Å². The summed E-state index contributed by atoms with van der Waals surface area (Å²) in [6, 6.07) is 4.49. The molecule has 0 bridgehead atoms. The molecule has 0 saturated heterocycles. The molecule has 0 spiro atoms. The molecule has 1 aromatic heterocycles. The van der Waals surface area contributed by atoms with Crippen molar-refractivity contribution in [1.82, 2.24) is 14.7 Å². The Balaban J connectivity index is 2.31. The first-order valence-electron chi connectivity index (χ1n) is 6.39. The summed E-state index contributed by atoms with van der Waals surface area (Å²) in [5, 5.41) is 15.0. The zero-order valence-electron chi connectivity index (χ0n) is 11.7. The number of likely N-dealkylation sites (N-methyl/N-ethyl adjacent to an activating group) is 1. The van der Waals surface area contributed by atoms with Crippen molar-refractivity contribution in [2.45, 2.75) is 12.6 Å². The van der Waals surface area contributed by atoms with E-state index in [9.17, 15) is 9.50 Å². The maximum Gasteiger partial charge on any atom is 0.137 e. The standard InChI is InChI=1S/C14H16BrClFN3O/c1-19(2)5-6-20-13(11(16)8-18-20)14(21)9-3-4-10(15)12(17)7-9/h3-4,7-8,14,21H,5-6H2,1-2H3. The Morgan fingerprint density at radius 2 is 2.19 bits per heavy atom. The molecule has 21 heavy (non-hydrogen) atoms. The van der Waals surface area contributed by atoms with E-state index in [1.807, 2.05) is 19.0 Å². The monoisotopic (exact) mass is 375 g/mol. The van der Waals surface area contributed by atoms with Gasteiger partial charge in [0.1, 0.15) is 11.9 Å². The summed E-state index contributed by atoms with van der Waals surface area (Å²) in [5.41, 5.74) is 0.907. The molecule has 0 amide bonds. The Hall–Kier alpha value is -0.950. The SMILES string of the molecule is CN(C)CCn1ncc(Cl)c1C(O)c1ccc(Br)c(F)c1. The van der Waals surface area contributed by atoms with E-state index < -0.39 is 11.9 Å². The van der Waals surface area contributed by atoms with E-state index in [1.54, 1.807) is 16.8 Å². The van der Waals surface area contributed by atoms with Crippen molar-refractivity contribution in [3.63, 3.8) is 0 Å². The highest BCUT2D eigenvalue weighted by Gasteiger charge is 2.20. The highest BCUT2D eigenvalue weighted by atomic mass is 79.9. The molecule has 4 nitrogen and oxygen atoms in total. The third-order valence-corrected chi connectivity index (χ3v) is 4.04. The largest absolute Gasteiger partial charge is 0.382 e. The average Bonchev–Trinajstić information content (AvgIpc) is 2.80. The number of aliphatic hydroxyl groups excluding tert-OH is 1. The minimum Gasteiger partial charge on any atom is -0.382 e. The molecule has 1 atom stereocenters. The van der Waals surface area contributed by atoms with Gasteiger partial charge in [0.25, 0.3) is 0 Å². The third-order valence-electron chi connectivity index (χ3n) is 3.11. The summed E-state index contributed by atoms with van der Waals surface area (Å²) in [6.45, 7) is 1.34. The number of rotatable bonds is 5. The van der Waals surface area contributed by atoms with Gasteiger partial charge >= 0.3 is 0 Å². The lowest BCUT2D eigenvalue weighted by Gasteiger charge is -2.16. The molecule has 0 saturated carbocycles. The van der Waals surface area contributed by atoms with Gasteiger partial charge in [-0.05, 0) is 47.7 Å². The minimum absolute atomic E-state index is 0.352. The molecule has 2 rings (SSSR count). The number of benzene rings is 1. The molecule has 0 radical (unpaired) electrons. The van der Waals surface area contributed by atoms with Gasteiger partial charge in [-0.15, -0.1) is 0 Å². The summed E-state index contributed by atoms with van der Waals surface area (Å²) in [7, 11) is 3.90. The number of aromatic nitrogens is 2. The lowest BCUT2D eigenvalue weighted by atomic mass is 10.1. The van der Waals surface area contributed by atoms with Gasteiger partial charge in [-0.3, -0.25) is 4.68 Å². The van der Waals surface area contributed by atoms with Gasteiger partial charge in [-0.25, -0.2) is 4.39 Å². The number of hydrogen-bond acceptors (Lipinski definition) is 3. The van der Waals surface area contributed by atoms with Crippen LogP contribution < -0.4 is 0 Å². The summed E-state index contributed by atoms with van der Waals surface area (Å²) < 4.78 is 15.6. The van der Waals surface area contributed by atoms with E-state index >= 15 is 0 Å². The van der Waals surface area contributed by atoms with Crippen molar-refractivity contribution in [2.24, 2.45) is 0 Å². The van der Waals surface area contributed by atoms with Crippen LogP contribution in [0.15, 0.2) is 28.9 Å². The number of nitrogens with zero attached hydrogens (tertiary/aromatic N) is 3. The fraction of sp³-hybridized carbons (Fsp3) is 0.357. The topological polar surface area (TPSA) is 41.3 Å². The quantitative estimate of drug-likeness (QED) is 0.872. The van der Waals surface area contributed by atoms with Gasteiger partial charge in [-0.1, -0.05) is 17.7 Å². The zero-order chi connectivity index (χ0) is 15.6. The smallest absolute Gasteiger partial charge is 0.137 e. The van der Waals surface area contributed by atoms with Gasteiger partial charge in [0.2, 0.25) is 0 Å². The summed E-state index contributed by atoms with van der Waals surface area (Å²) in [4.78, 5) is 2.01. The van der Waals surface area contributed by atoms with Crippen LogP contribution >= 0.6 is 27.5 Å². The van der Waals surface area contributed by atoms with Gasteiger partial charge in [-0.2, -0.15) is 5.10 Å². The molecule has 1 unspecified atom stereocenters. The van der Waals surface area contributed by atoms with Crippen molar-refractivity contribution >= 4 is 27.5 Å². The lowest BCUT2D eigenvalue weighted by molar-refractivity contribution is 0.205. The summed E-state index contributed by atoms with van der Waals surface area (Å²) >= 11 is 9.21. The number of halogens is 3. The normalized spacial score (nSPS) is 12.9. The summed E-state index contributed by atoms with van der Waals surface area (Å²) in [6.07, 6.45) is 0.468. The van der Waals surface area contributed by atoms with Gasteiger partial charge < -0.3 is 10.0 Å². The van der Waals surface area contributed by atoms with Crippen LogP contribution in [0.4, 0.5) is 4.39 Å². The molecular formula is C14H16BrClFN3O. The van der Waals surface area contributed by atoms with Crippen molar-refractivity contribution < 1.29 is 9.50 Å². The predicted octanol–water partition coefficient (Wildman–Crippen LogP) is 3.08. The van der Waals surface area contributed by atoms with Crippen LogP contribution in [-0.2, 0) is 6.54 Å².